The van der Waals surface area contributed by atoms with Gasteiger partial charge in [0.1, 0.15) is 17.8 Å². The van der Waals surface area contributed by atoms with E-state index >= 15 is 0 Å². The molecule has 0 saturated carbocycles. The number of aromatic nitrogens is 5. The number of hydrogen-bond donors (Lipinski definition) is 3. The van der Waals surface area contributed by atoms with Crippen molar-refractivity contribution in [1.29, 1.82) is 0 Å². The lowest BCUT2D eigenvalue weighted by atomic mass is 9.87. The van der Waals surface area contributed by atoms with Gasteiger partial charge in [0.25, 0.3) is 0 Å². The highest BCUT2D eigenvalue weighted by molar-refractivity contribution is 5.98. The van der Waals surface area contributed by atoms with Crippen molar-refractivity contribution >= 4 is 28.4 Å². The van der Waals surface area contributed by atoms with Gasteiger partial charge in [-0.2, -0.15) is 0 Å². The molecule has 0 bridgehead atoms. The maximum atomic E-state index is 13.1. The van der Waals surface area contributed by atoms with E-state index in [1.807, 2.05) is 12.3 Å². The summed E-state index contributed by atoms with van der Waals surface area (Å²) in [5, 5.41) is 3.86. The number of H-pyrrole nitrogens is 1. The van der Waals surface area contributed by atoms with E-state index in [-0.39, 0.29) is 5.91 Å². The van der Waals surface area contributed by atoms with Gasteiger partial charge in [-0.05, 0) is 31.0 Å². The number of carbonyl (C=O) groups excluding carboxylic acids is 1. The summed E-state index contributed by atoms with van der Waals surface area (Å²) in [7, 11) is 0. The second kappa shape index (κ2) is 7.97. The second-order valence-corrected chi connectivity index (χ2v) is 7.84. The molecule has 4 heterocycles. The molecule has 3 aromatic heterocycles. The molecule has 0 spiro atoms. The van der Waals surface area contributed by atoms with E-state index in [2.05, 4.69) is 35.1 Å². The maximum absolute atomic E-state index is 13.1. The molecule has 1 amide bonds. The van der Waals surface area contributed by atoms with Crippen LogP contribution in [0.15, 0.2) is 55.2 Å². The molecule has 9 nitrogen and oxygen atoms in total. The van der Waals surface area contributed by atoms with Crippen LogP contribution in [0.5, 0.6) is 0 Å². The fraction of sp³-hybridized carbons (Fsp3) is 0.227. The predicted octanol–water partition coefficient (Wildman–Crippen LogP) is 2.49. The van der Waals surface area contributed by atoms with E-state index in [0.29, 0.717) is 43.0 Å². The highest BCUT2D eigenvalue weighted by Crippen LogP contribution is 2.29. The predicted molar refractivity (Wildman–Crippen MR) is 118 cm³/mol. The average molecular weight is 432 g/mol. The molecule has 1 fully saturated rings. The number of rotatable bonds is 4. The molecule has 32 heavy (non-hydrogen) atoms. The van der Waals surface area contributed by atoms with Crippen molar-refractivity contribution < 1.29 is 9.18 Å². The summed E-state index contributed by atoms with van der Waals surface area (Å²) in [4.78, 5) is 34.9. The van der Waals surface area contributed by atoms with Crippen LogP contribution in [-0.4, -0.2) is 49.5 Å². The standard InChI is InChI=1S/C22H21FN8O/c23-15-11-26-18(27-12-15)14-2-1-3-16(10-14)30-21(32)22(24)5-8-31(9-6-22)20-17-4-7-25-19(17)28-13-29-20/h1-4,7,10-13H,5-6,8-9,24H2,(H,30,32)(H,25,28,29). The normalized spacial score (nSPS) is 15.6. The zero-order valence-electron chi connectivity index (χ0n) is 17.1. The van der Waals surface area contributed by atoms with Crippen LogP contribution in [0.2, 0.25) is 0 Å². The molecule has 0 radical (unpaired) electrons. The second-order valence-electron chi connectivity index (χ2n) is 7.84. The first-order valence-electron chi connectivity index (χ1n) is 10.2. The molecule has 5 rings (SSSR count). The van der Waals surface area contributed by atoms with Crippen molar-refractivity contribution in [3.63, 3.8) is 0 Å². The van der Waals surface area contributed by atoms with E-state index in [4.69, 9.17) is 5.73 Å². The number of nitrogens with one attached hydrogen (secondary N) is 2. The van der Waals surface area contributed by atoms with E-state index in [1.165, 1.54) is 6.33 Å². The summed E-state index contributed by atoms with van der Waals surface area (Å²) in [5.74, 6) is 0.461. The molecule has 1 aromatic carbocycles. The smallest absolute Gasteiger partial charge is 0.244 e. The van der Waals surface area contributed by atoms with Crippen molar-refractivity contribution in [3.05, 3.63) is 61.1 Å². The lowest BCUT2D eigenvalue weighted by molar-refractivity contribution is -0.121. The third-order valence-electron chi connectivity index (χ3n) is 5.74. The van der Waals surface area contributed by atoms with Gasteiger partial charge in [-0.15, -0.1) is 0 Å². The van der Waals surface area contributed by atoms with Gasteiger partial charge >= 0.3 is 0 Å². The van der Waals surface area contributed by atoms with Crippen LogP contribution in [0.3, 0.4) is 0 Å². The Balaban J connectivity index is 1.28. The quantitative estimate of drug-likeness (QED) is 0.452. The Morgan fingerprint density at radius 3 is 2.69 bits per heavy atom. The number of nitrogens with zero attached hydrogens (tertiary/aromatic N) is 5. The fourth-order valence-corrected chi connectivity index (χ4v) is 3.91. The Hall–Kier alpha value is -3.92. The molecule has 0 aliphatic carbocycles. The van der Waals surface area contributed by atoms with Crippen LogP contribution >= 0.6 is 0 Å². The monoisotopic (exact) mass is 432 g/mol. The number of aromatic amines is 1. The van der Waals surface area contributed by atoms with Crippen LogP contribution in [0.4, 0.5) is 15.9 Å². The third kappa shape index (κ3) is 3.76. The molecule has 162 valence electrons. The zero-order chi connectivity index (χ0) is 22.1. The molecule has 1 aliphatic rings. The number of benzene rings is 1. The van der Waals surface area contributed by atoms with E-state index in [9.17, 15) is 9.18 Å². The van der Waals surface area contributed by atoms with Crippen LogP contribution in [0, 0.1) is 5.82 Å². The van der Waals surface area contributed by atoms with Gasteiger partial charge in [-0.1, -0.05) is 12.1 Å². The van der Waals surface area contributed by atoms with Gasteiger partial charge < -0.3 is 20.9 Å². The fourth-order valence-electron chi connectivity index (χ4n) is 3.91. The first-order chi connectivity index (χ1) is 15.5. The largest absolute Gasteiger partial charge is 0.356 e. The van der Waals surface area contributed by atoms with Gasteiger partial charge in [-0.25, -0.2) is 24.3 Å². The number of hydrogen-bond acceptors (Lipinski definition) is 7. The van der Waals surface area contributed by atoms with E-state index < -0.39 is 11.4 Å². The van der Waals surface area contributed by atoms with Crippen molar-refractivity contribution in [1.82, 2.24) is 24.9 Å². The summed E-state index contributed by atoms with van der Waals surface area (Å²) in [6.45, 7) is 1.20. The number of piperidine rings is 1. The summed E-state index contributed by atoms with van der Waals surface area (Å²) < 4.78 is 13.1. The minimum atomic E-state index is -0.997. The van der Waals surface area contributed by atoms with Crippen molar-refractivity contribution in [2.24, 2.45) is 5.73 Å². The Morgan fingerprint density at radius 1 is 1.12 bits per heavy atom. The number of anilines is 2. The van der Waals surface area contributed by atoms with Crippen LogP contribution in [0.1, 0.15) is 12.8 Å². The molecule has 0 atom stereocenters. The van der Waals surface area contributed by atoms with E-state index in [1.54, 1.807) is 24.3 Å². The third-order valence-corrected chi connectivity index (χ3v) is 5.74. The van der Waals surface area contributed by atoms with Crippen LogP contribution in [0.25, 0.3) is 22.4 Å². The molecule has 1 aliphatic heterocycles. The summed E-state index contributed by atoms with van der Waals surface area (Å²) >= 11 is 0. The van der Waals surface area contributed by atoms with Crippen molar-refractivity contribution in [2.75, 3.05) is 23.3 Å². The SMILES string of the molecule is NC1(C(=O)Nc2cccc(-c3ncc(F)cn3)c2)CCN(c2ncnc3[nH]ccc23)CC1. The highest BCUT2D eigenvalue weighted by atomic mass is 19.1. The summed E-state index contributed by atoms with van der Waals surface area (Å²) in [6.07, 6.45) is 6.54. The van der Waals surface area contributed by atoms with Crippen LogP contribution < -0.4 is 16.0 Å². The molecule has 0 unspecified atom stereocenters. The minimum absolute atomic E-state index is 0.246. The maximum Gasteiger partial charge on any atom is 0.244 e. The number of carbonyl (C=O) groups is 1. The van der Waals surface area contributed by atoms with Gasteiger partial charge in [0.15, 0.2) is 11.6 Å². The van der Waals surface area contributed by atoms with Gasteiger partial charge in [0.05, 0.1) is 23.3 Å². The number of fused-ring (bicyclic) bond motifs is 1. The van der Waals surface area contributed by atoms with Crippen molar-refractivity contribution in [2.45, 2.75) is 18.4 Å². The molecule has 4 N–H and O–H groups in total. The number of nitrogens with two attached hydrogens (primary N) is 1. The van der Waals surface area contributed by atoms with Gasteiger partial charge in [0, 0.05) is 30.5 Å². The Morgan fingerprint density at radius 2 is 1.91 bits per heavy atom. The van der Waals surface area contributed by atoms with Gasteiger partial charge in [0.2, 0.25) is 5.91 Å². The Labute approximate surface area is 182 Å². The summed E-state index contributed by atoms with van der Waals surface area (Å²) in [5.41, 5.74) is 7.54. The minimum Gasteiger partial charge on any atom is -0.356 e. The number of amides is 1. The first kappa shape index (κ1) is 20.0. The lowest BCUT2D eigenvalue weighted by Gasteiger charge is -2.38. The highest BCUT2D eigenvalue weighted by Gasteiger charge is 2.38. The molecule has 4 aromatic rings. The van der Waals surface area contributed by atoms with Gasteiger partial charge in [-0.3, -0.25) is 4.79 Å². The van der Waals surface area contributed by atoms with Crippen molar-refractivity contribution in [3.8, 4) is 11.4 Å². The molecule has 10 heteroatoms. The average Bonchev–Trinajstić information content (AvgIpc) is 3.29. The lowest BCUT2D eigenvalue weighted by Crippen LogP contribution is -2.58. The number of halogens is 1. The first-order valence-corrected chi connectivity index (χ1v) is 10.2. The molecular formula is C22H21FN8O. The molecule has 1 saturated heterocycles. The van der Waals surface area contributed by atoms with E-state index in [0.717, 1.165) is 29.2 Å². The zero-order valence-corrected chi connectivity index (χ0v) is 17.1. The molecular weight excluding hydrogens is 411 g/mol. The van der Waals surface area contributed by atoms with Crippen LogP contribution in [-0.2, 0) is 4.79 Å². The Bertz CT molecular complexity index is 1260. The summed E-state index contributed by atoms with van der Waals surface area (Å²) in [6, 6.07) is 9.03. The topological polar surface area (TPSA) is 126 Å². The Kier molecular flexibility index (Phi) is 4.98.